The van der Waals surface area contributed by atoms with Crippen molar-refractivity contribution in [2.75, 3.05) is 13.2 Å². The molecule has 0 aliphatic carbocycles. The van der Waals surface area contributed by atoms with E-state index in [-0.39, 0.29) is 11.5 Å². The van der Waals surface area contributed by atoms with Crippen LogP contribution < -0.4 is 14.8 Å². The van der Waals surface area contributed by atoms with E-state index in [1.807, 2.05) is 13.8 Å². The number of carbonyl (C=O) groups is 1. The van der Waals surface area contributed by atoms with Crippen molar-refractivity contribution < 1.29 is 23.0 Å². The summed E-state index contributed by atoms with van der Waals surface area (Å²) < 4.78 is 38.0. The van der Waals surface area contributed by atoms with Crippen molar-refractivity contribution in [1.82, 2.24) is 5.32 Å². The van der Waals surface area contributed by atoms with Crippen LogP contribution in [0.4, 0.5) is 8.78 Å². The van der Waals surface area contributed by atoms with E-state index in [2.05, 4.69) is 5.32 Å². The Labute approximate surface area is 152 Å². The zero-order valence-electron chi connectivity index (χ0n) is 15.1. The van der Waals surface area contributed by atoms with Crippen molar-refractivity contribution in [1.29, 1.82) is 0 Å². The lowest BCUT2D eigenvalue weighted by Crippen LogP contribution is -2.27. The SMILES string of the molecule is CCCOc1ccc(C(=O)NC(C)c2ccc(F)cc2F)cc1OCC. The van der Waals surface area contributed by atoms with Gasteiger partial charge in [0.05, 0.1) is 19.3 Å². The van der Waals surface area contributed by atoms with Gasteiger partial charge >= 0.3 is 0 Å². The van der Waals surface area contributed by atoms with Crippen LogP contribution >= 0.6 is 0 Å². The molecule has 2 rings (SSSR count). The molecular weight excluding hydrogens is 340 g/mol. The highest BCUT2D eigenvalue weighted by Gasteiger charge is 2.17. The molecule has 0 aliphatic rings. The average molecular weight is 363 g/mol. The topological polar surface area (TPSA) is 47.6 Å². The summed E-state index contributed by atoms with van der Waals surface area (Å²) in [5.41, 5.74) is 0.583. The minimum atomic E-state index is -0.698. The Hall–Kier alpha value is -2.63. The average Bonchev–Trinajstić information content (AvgIpc) is 2.60. The van der Waals surface area contributed by atoms with E-state index in [0.717, 1.165) is 18.6 Å². The van der Waals surface area contributed by atoms with Crippen LogP contribution in [0.15, 0.2) is 36.4 Å². The Bertz CT molecular complexity index is 765. The second-order valence-corrected chi connectivity index (χ2v) is 5.80. The second kappa shape index (κ2) is 9.17. The molecule has 1 atom stereocenters. The fraction of sp³-hybridized carbons (Fsp3) is 0.350. The van der Waals surface area contributed by atoms with Gasteiger partial charge in [0.15, 0.2) is 11.5 Å². The Balaban J connectivity index is 2.16. The Morgan fingerprint density at radius 3 is 2.50 bits per heavy atom. The van der Waals surface area contributed by atoms with E-state index in [9.17, 15) is 13.6 Å². The third-order valence-electron chi connectivity index (χ3n) is 3.74. The van der Waals surface area contributed by atoms with Gasteiger partial charge in [-0.25, -0.2) is 8.78 Å². The van der Waals surface area contributed by atoms with Gasteiger partial charge in [-0.3, -0.25) is 4.79 Å². The van der Waals surface area contributed by atoms with Gasteiger partial charge in [0.1, 0.15) is 11.6 Å². The molecule has 0 fully saturated rings. The maximum atomic E-state index is 13.9. The monoisotopic (exact) mass is 363 g/mol. The lowest BCUT2D eigenvalue weighted by atomic mass is 10.1. The molecule has 6 heteroatoms. The smallest absolute Gasteiger partial charge is 0.251 e. The summed E-state index contributed by atoms with van der Waals surface area (Å²) in [6.45, 7) is 6.46. The highest BCUT2D eigenvalue weighted by Crippen LogP contribution is 2.29. The zero-order chi connectivity index (χ0) is 19.1. The molecule has 0 aliphatic heterocycles. The third-order valence-corrected chi connectivity index (χ3v) is 3.74. The van der Waals surface area contributed by atoms with Gasteiger partial charge in [-0.15, -0.1) is 0 Å². The van der Waals surface area contributed by atoms with E-state index in [4.69, 9.17) is 9.47 Å². The van der Waals surface area contributed by atoms with Crippen LogP contribution in [0.5, 0.6) is 11.5 Å². The van der Waals surface area contributed by atoms with Gasteiger partial charge in [-0.1, -0.05) is 13.0 Å². The van der Waals surface area contributed by atoms with Crippen LogP contribution in [-0.2, 0) is 0 Å². The summed E-state index contributed by atoms with van der Waals surface area (Å²) in [6, 6.07) is 7.56. The summed E-state index contributed by atoms with van der Waals surface area (Å²) in [7, 11) is 0. The molecule has 1 N–H and O–H groups in total. The molecule has 2 aromatic rings. The van der Waals surface area contributed by atoms with Crippen molar-refractivity contribution in [3.8, 4) is 11.5 Å². The third kappa shape index (κ3) is 4.94. The standard InChI is InChI=1S/C20H23F2NO3/c1-4-10-26-18-9-6-14(11-19(18)25-5-2)20(24)23-13(3)16-8-7-15(21)12-17(16)22/h6-9,11-13H,4-5,10H2,1-3H3,(H,23,24). The van der Waals surface area contributed by atoms with E-state index in [1.54, 1.807) is 25.1 Å². The molecule has 4 nitrogen and oxygen atoms in total. The number of rotatable bonds is 8. The number of hydrogen-bond donors (Lipinski definition) is 1. The molecule has 140 valence electrons. The summed E-state index contributed by atoms with van der Waals surface area (Å²) >= 11 is 0. The molecule has 1 amide bonds. The van der Waals surface area contributed by atoms with Crippen LogP contribution in [0.25, 0.3) is 0 Å². The lowest BCUT2D eigenvalue weighted by Gasteiger charge is -2.17. The van der Waals surface area contributed by atoms with Crippen molar-refractivity contribution in [2.45, 2.75) is 33.2 Å². The first kappa shape index (κ1) is 19.7. The van der Waals surface area contributed by atoms with Crippen LogP contribution in [0.2, 0.25) is 0 Å². The van der Waals surface area contributed by atoms with E-state index in [1.165, 1.54) is 6.07 Å². The molecule has 1 unspecified atom stereocenters. The second-order valence-electron chi connectivity index (χ2n) is 5.80. The van der Waals surface area contributed by atoms with Gasteiger partial charge in [0, 0.05) is 17.2 Å². The summed E-state index contributed by atoms with van der Waals surface area (Å²) in [5, 5.41) is 2.71. The predicted molar refractivity (Wildman–Crippen MR) is 95.6 cm³/mol. The largest absolute Gasteiger partial charge is 0.490 e. The maximum Gasteiger partial charge on any atom is 0.251 e. The van der Waals surface area contributed by atoms with E-state index >= 15 is 0 Å². The summed E-state index contributed by atoms with van der Waals surface area (Å²) in [5.74, 6) is -0.689. The molecule has 0 spiro atoms. The number of ether oxygens (including phenoxy) is 2. The fourth-order valence-corrected chi connectivity index (χ4v) is 2.46. The first-order valence-corrected chi connectivity index (χ1v) is 8.61. The number of halogens is 2. The van der Waals surface area contributed by atoms with Crippen molar-refractivity contribution in [3.63, 3.8) is 0 Å². The van der Waals surface area contributed by atoms with Crippen molar-refractivity contribution >= 4 is 5.91 Å². The number of nitrogens with one attached hydrogen (secondary N) is 1. The quantitative estimate of drug-likeness (QED) is 0.743. The van der Waals surface area contributed by atoms with Gasteiger partial charge in [-0.05, 0) is 44.5 Å². The number of benzene rings is 2. The molecule has 0 bridgehead atoms. The van der Waals surface area contributed by atoms with Gasteiger partial charge in [-0.2, -0.15) is 0 Å². The molecule has 0 saturated carbocycles. The lowest BCUT2D eigenvalue weighted by molar-refractivity contribution is 0.0939. The minimum Gasteiger partial charge on any atom is -0.490 e. The first-order valence-electron chi connectivity index (χ1n) is 8.61. The molecule has 26 heavy (non-hydrogen) atoms. The van der Waals surface area contributed by atoms with Gasteiger partial charge < -0.3 is 14.8 Å². The molecule has 0 heterocycles. The van der Waals surface area contributed by atoms with Gasteiger partial charge in [0.25, 0.3) is 5.91 Å². The van der Waals surface area contributed by atoms with Crippen molar-refractivity contribution in [2.24, 2.45) is 0 Å². The normalized spacial score (nSPS) is 11.7. The summed E-state index contributed by atoms with van der Waals surface area (Å²) in [6.07, 6.45) is 0.856. The van der Waals surface area contributed by atoms with Crippen LogP contribution in [0.3, 0.4) is 0 Å². The fourth-order valence-electron chi connectivity index (χ4n) is 2.46. The Morgan fingerprint density at radius 1 is 1.08 bits per heavy atom. The Kier molecular flexibility index (Phi) is 6.95. The zero-order valence-corrected chi connectivity index (χ0v) is 15.1. The highest BCUT2D eigenvalue weighted by molar-refractivity contribution is 5.95. The van der Waals surface area contributed by atoms with Crippen molar-refractivity contribution in [3.05, 3.63) is 59.2 Å². The molecular formula is C20H23F2NO3. The van der Waals surface area contributed by atoms with Gasteiger partial charge in [0.2, 0.25) is 0 Å². The van der Waals surface area contributed by atoms with Crippen LogP contribution in [-0.4, -0.2) is 19.1 Å². The molecule has 0 radical (unpaired) electrons. The summed E-state index contributed by atoms with van der Waals surface area (Å²) in [4.78, 5) is 12.5. The number of hydrogen-bond acceptors (Lipinski definition) is 3. The van der Waals surface area contributed by atoms with E-state index < -0.39 is 17.7 Å². The number of amides is 1. The maximum absolute atomic E-state index is 13.9. The minimum absolute atomic E-state index is 0.215. The molecule has 0 saturated heterocycles. The predicted octanol–water partition coefficient (Wildman–Crippen LogP) is 4.64. The van der Waals surface area contributed by atoms with Crippen LogP contribution in [0.1, 0.15) is 49.2 Å². The highest BCUT2D eigenvalue weighted by atomic mass is 19.1. The first-order chi connectivity index (χ1) is 12.5. The van der Waals surface area contributed by atoms with Crippen LogP contribution in [0, 0.1) is 11.6 Å². The number of carbonyl (C=O) groups excluding carboxylic acids is 1. The van der Waals surface area contributed by atoms with E-state index in [0.29, 0.717) is 30.3 Å². The molecule has 2 aromatic carbocycles. The molecule has 0 aromatic heterocycles. The Morgan fingerprint density at radius 2 is 1.85 bits per heavy atom.